The minimum atomic E-state index is -0.408. The number of halogens is 1. The highest BCUT2D eigenvalue weighted by atomic mass is 35.5. The van der Waals surface area contributed by atoms with E-state index in [1.807, 2.05) is 36.4 Å². The van der Waals surface area contributed by atoms with Gasteiger partial charge in [0.1, 0.15) is 16.9 Å². The molecule has 8 heteroatoms. The molecule has 174 valence electrons. The van der Waals surface area contributed by atoms with Gasteiger partial charge in [0.05, 0.1) is 17.2 Å². The SMILES string of the molecule is CC(C)c1ccc(C=Nn2c(N)c(C(=O)Nc3ccc(Cl)cc3)c3nc4ccccc4nc32)cc1. The molecule has 0 unspecified atom stereocenters. The lowest BCUT2D eigenvalue weighted by atomic mass is 10.0. The topological polar surface area (TPSA) is 98.2 Å². The van der Waals surface area contributed by atoms with E-state index in [1.54, 1.807) is 30.5 Å². The summed E-state index contributed by atoms with van der Waals surface area (Å²) in [6.45, 7) is 4.30. The third kappa shape index (κ3) is 4.46. The van der Waals surface area contributed by atoms with Crippen LogP contribution in [0.1, 0.15) is 41.3 Å². The van der Waals surface area contributed by atoms with Crippen LogP contribution in [0.25, 0.3) is 22.2 Å². The van der Waals surface area contributed by atoms with Crippen molar-refractivity contribution in [2.24, 2.45) is 5.10 Å². The number of aromatic nitrogens is 3. The van der Waals surface area contributed by atoms with Gasteiger partial charge in [-0.1, -0.05) is 61.8 Å². The molecule has 5 aromatic rings. The average molecular weight is 483 g/mol. The highest BCUT2D eigenvalue weighted by molar-refractivity contribution is 6.30. The first kappa shape index (κ1) is 22.6. The second-order valence-corrected chi connectivity index (χ2v) is 8.92. The molecular formula is C27H23ClN6O. The zero-order chi connectivity index (χ0) is 24.5. The van der Waals surface area contributed by atoms with Crippen molar-refractivity contribution < 1.29 is 4.79 Å². The summed E-state index contributed by atoms with van der Waals surface area (Å²) in [5.41, 5.74) is 11.5. The van der Waals surface area contributed by atoms with Crippen LogP contribution in [0.4, 0.5) is 11.5 Å². The zero-order valence-corrected chi connectivity index (χ0v) is 20.0. The van der Waals surface area contributed by atoms with E-state index in [9.17, 15) is 4.79 Å². The summed E-state index contributed by atoms with van der Waals surface area (Å²) in [5.74, 6) is 0.182. The third-order valence-corrected chi connectivity index (χ3v) is 5.98. The number of nitrogen functional groups attached to an aromatic ring is 1. The molecule has 2 aromatic heterocycles. The van der Waals surface area contributed by atoms with Crippen molar-refractivity contribution in [1.29, 1.82) is 0 Å². The van der Waals surface area contributed by atoms with Gasteiger partial charge in [-0.25, -0.2) is 9.97 Å². The van der Waals surface area contributed by atoms with Crippen LogP contribution < -0.4 is 11.1 Å². The number of amides is 1. The smallest absolute Gasteiger partial charge is 0.261 e. The van der Waals surface area contributed by atoms with Gasteiger partial charge in [0.2, 0.25) is 0 Å². The highest BCUT2D eigenvalue weighted by Crippen LogP contribution is 2.29. The number of hydrogen-bond acceptors (Lipinski definition) is 5. The van der Waals surface area contributed by atoms with Crippen LogP contribution in [0.5, 0.6) is 0 Å². The van der Waals surface area contributed by atoms with Crippen molar-refractivity contribution in [1.82, 2.24) is 14.6 Å². The van der Waals surface area contributed by atoms with E-state index < -0.39 is 5.91 Å². The second-order valence-electron chi connectivity index (χ2n) is 8.48. The number of fused-ring (bicyclic) bond motifs is 2. The summed E-state index contributed by atoms with van der Waals surface area (Å²) < 4.78 is 1.46. The number of carbonyl (C=O) groups excluding carboxylic acids is 1. The van der Waals surface area contributed by atoms with Crippen LogP contribution in [-0.2, 0) is 0 Å². The molecule has 0 aliphatic rings. The molecule has 0 bridgehead atoms. The Kier molecular flexibility index (Phi) is 5.93. The van der Waals surface area contributed by atoms with Gasteiger partial charge in [-0.05, 0) is 53.4 Å². The first-order valence-electron chi connectivity index (χ1n) is 11.2. The lowest BCUT2D eigenvalue weighted by Gasteiger charge is -2.06. The summed E-state index contributed by atoms with van der Waals surface area (Å²) in [6, 6.07) is 22.4. The number of nitrogens with two attached hydrogens (primary N) is 1. The maximum atomic E-state index is 13.3. The van der Waals surface area contributed by atoms with Crippen LogP contribution in [0, 0.1) is 0 Å². The largest absolute Gasteiger partial charge is 0.383 e. The van der Waals surface area contributed by atoms with Gasteiger partial charge in [0.15, 0.2) is 5.65 Å². The monoisotopic (exact) mass is 482 g/mol. The van der Waals surface area contributed by atoms with E-state index in [-0.39, 0.29) is 11.4 Å². The highest BCUT2D eigenvalue weighted by Gasteiger charge is 2.24. The minimum Gasteiger partial charge on any atom is -0.383 e. The maximum Gasteiger partial charge on any atom is 0.261 e. The van der Waals surface area contributed by atoms with Gasteiger partial charge in [-0.3, -0.25) is 4.79 Å². The molecule has 2 heterocycles. The summed E-state index contributed by atoms with van der Waals surface area (Å²) in [7, 11) is 0. The van der Waals surface area contributed by atoms with E-state index in [1.165, 1.54) is 10.2 Å². The quantitative estimate of drug-likeness (QED) is 0.296. The summed E-state index contributed by atoms with van der Waals surface area (Å²) in [4.78, 5) is 22.7. The number of carbonyl (C=O) groups is 1. The molecule has 0 radical (unpaired) electrons. The molecular weight excluding hydrogens is 460 g/mol. The van der Waals surface area contributed by atoms with E-state index >= 15 is 0 Å². The van der Waals surface area contributed by atoms with Crippen molar-refractivity contribution in [2.75, 3.05) is 11.1 Å². The molecule has 0 spiro atoms. The van der Waals surface area contributed by atoms with Gasteiger partial charge >= 0.3 is 0 Å². The second kappa shape index (κ2) is 9.19. The molecule has 3 N–H and O–H groups in total. The standard InChI is InChI=1S/C27H23ClN6O/c1-16(2)18-9-7-17(8-10-18)15-30-34-25(29)23(27(35)31-20-13-11-19(28)12-14-20)24-26(34)33-22-6-4-3-5-21(22)32-24/h3-16H,29H2,1-2H3,(H,31,35). The number of anilines is 2. The zero-order valence-electron chi connectivity index (χ0n) is 19.2. The number of rotatable bonds is 5. The average Bonchev–Trinajstić information content (AvgIpc) is 3.13. The Balaban J connectivity index is 1.61. The van der Waals surface area contributed by atoms with Gasteiger partial charge in [-0.2, -0.15) is 9.78 Å². The summed E-state index contributed by atoms with van der Waals surface area (Å²) >= 11 is 5.97. The number of hydrogen-bond donors (Lipinski definition) is 2. The van der Waals surface area contributed by atoms with Crippen LogP contribution in [0.2, 0.25) is 5.02 Å². The number of nitrogens with one attached hydrogen (secondary N) is 1. The Morgan fingerprint density at radius 3 is 2.31 bits per heavy atom. The summed E-state index contributed by atoms with van der Waals surface area (Å²) in [5, 5.41) is 8.01. The summed E-state index contributed by atoms with van der Waals surface area (Å²) in [6.07, 6.45) is 1.69. The first-order valence-corrected chi connectivity index (χ1v) is 11.6. The molecule has 0 fully saturated rings. The van der Waals surface area contributed by atoms with Crippen LogP contribution >= 0.6 is 11.6 Å². The maximum absolute atomic E-state index is 13.3. The normalized spacial score (nSPS) is 11.7. The van der Waals surface area contributed by atoms with E-state index in [0.29, 0.717) is 38.8 Å². The number of benzene rings is 3. The fraction of sp³-hybridized carbons (Fsp3) is 0.111. The van der Waals surface area contributed by atoms with Crippen molar-refractivity contribution in [2.45, 2.75) is 19.8 Å². The molecule has 35 heavy (non-hydrogen) atoms. The Labute approximate surface area is 207 Å². The van der Waals surface area contributed by atoms with Gasteiger partial charge < -0.3 is 11.1 Å². The van der Waals surface area contributed by atoms with Gasteiger partial charge in [0.25, 0.3) is 5.91 Å². The first-order chi connectivity index (χ1) is 16.9. The molecule has 0 saturated heterocycles. The predicted octanol–water partition coefficient (Wildman–Crippen LogP) is 6.08. The number of para-hydroxylation sites is 2. The third-order valence-electron chi connectivity index (χ3n) is 5.73. The van der Waals surface area contributed by atoms with Crippen molar-refractivity contribution in [3.05, 3.63) is 94.5 Å². The molecule has 5 rings (SSSR count). The minimum absolute atomic E-state index is 0.150. The van der Waals surface area contributed by atoms with Crippen LogP contribution in [0.15, 0.2) is 77.9 Å². The van der Waals surface area contributed by atoms with Crippen molar-refractivity contribution >= 4 is 57.4 Å². The van der Waals surface area contributed by atoms with Crippen molar-refractivity contribution in [3.8, 4) is 0 Å². The molecule has 7 nitrogen and oxygen atoms in total. The number of nitrogens with zero attached hydrogens (tertiary/aromatic N) is 4. The van der Waals surface area contributed by atoms with Crippen molar-refractivity contribution in [3.63, 3.8) is 0 Å². The fourth-order valence-electron chi connectivity index (χ4n) is 3.81. The molecule has 3 aromatic carbocycles. The molecule has 1 amide bonds. The Morgan fingerprint density at radius 1 is 1.00 bits per heavy atom. The lowest BCUT2D eigenvalue weighted by Crippen LogP contribution is -2.14. The van der Waals surface area contributed by atoms with E-state index in [2.05, 4.69) is 36.4 Å². The Bertz CT molecular complexity index is 1570. The van der Waals surface area contributed by atoms with E-state index in [0.717, 1.165) is 5.56 Å². The fourth-order valence-corrected chi connectivity index (χ4v) is 3.93. The van der Waals surface area contributed by atoms with E-state index in [4.69, 9.17) is 27.3 Å². The lowest BCUT2D eigenvalue weighted by molar-refractivity contribution is 0.102. The predicted molar refractivity (Wildman–Crippen MR) is 142 cm³/mol. The Morgan fingerprint density at radius 2 is 1.66 bits per heavy atom. The van der Waals surface area contributed by atoms with Crippen LogP contribution in [-0.4, -0.2) is 26.8 Å². The molecule has 0 aliphatic heterocycles. The Hall–Kier alpha value is -4.23. The van der Waals surface area contributed by atoms with Crippen LogP contribution in [0.3, 0.4) is 0 Å². The molecule has 0 saturated carbocycles. The molecule has 0 aliphatic carbocycles. The van der Waals surface area contributed by atoms with Gasteiger partial charge in [0, 0.05) is 10.7 Å². The van der Waals surface area contributed by atoms with Gasteiger partial charge in [-0.15, -0.1) is 0 Å². The molecule has 0 atom stereocenters.